The molecule has 0 aliphatic heterocycles. The first-order valence-electron chi connectivity index (χ1n) is 10.3. The van der Waals surface area contributed by atoms with Crippen molar-refractivity contribution in [3.63, 3.8) is 0 Å². The van der Waals surface area contributed by atoms with Crippen molar-refractivity contribution < 1.29 is 13.9 Å². The molecule has 2 aliphatic rings. The first-order chi connectivity index (χ1) is 12.6. The molecule has 0 atom stereocenters. The highest BCUT2D eigenvalue weighted by atomic mass is 19.1. The minimum atomic E-state index is -0.770. The Bertz CT molecular complexity index is 533. The highest BCUT2D eigenvalue weighted by molar-refractivity contribution is 5.72. The Morgan fingerprint density at radius 3 is 2.46 bits per heavy atom. The minimum Gasteiger partial charge on any atom is -0.462 e. The first-order valence-corrected chi connectivity index (χ1v) is 10.3. The van der Waals surface area contributed by atoms with Crippen molar-refractivity contribution in [1.29, 1.82) is 5.26 Å². The Morgan fingerprint density at radius 1 is 1.15 bits per heavy atom. The molecular weight excluding hydrogens is 329 g/mol. The molecule has 0 bridgehead atoms. The standard InChI is InChI=1S/C22H32FNO2/c1-2-3-5-17-8-12-19(13-9-17)22(25)26-21-14-10-18(11-15-21)6-4-7-20(23)16-24/h4,6-7,17-19,21H,2-3,5,8-15H2,1H3/b6-4+,20-7?. The quantitative estimate of drug-likeness (QED) is 0.316. The van der Waals surface area contributed by atoms with Crippen LogP contribution in [-0.4, -0.2) is 12.1 Å². The molecule has 3 nitrogen and oxygen atoms in total. The van der Waals surface area contributed by atoms with E-state index in [-0.39, 0.29) is 18.0 Å². The van der Waals surface area contributed by atoms with Crippen LogP contribution in [0, 0.1) is 29.1 Å². The molecule has 26 heavy (non-hydrogen) atoms. The molecule has 0 N–H and O–H groups in total. The fraction of sp³-hybridized carbons (Fsp3) is 0.727. The van der Waals surface area contributed by atoms with Gasteiger partial charge in [-0.25, -0.2) is 0 Å². The van der Waals surface area contributed by atoms with Gasteiger partial charge in [-0.05, 0) is 69.3 Å². The lowest BCUT2D eigenvalue weighted by atomic mass is 9.80. The van der Waals surface area contributed by atoms with Crippen molar-refractivity contribution in [2.75, 3.05) is 0 Å². The van der Waals surface area contributed by atoms with Crippen molar-refractivity contribution in [3.05, 3.63) is 24.1 Å². The number of unbranched alkanes of at least 4 members (excludes halogenated alkanes) is 1. The van der Waals surface area contributed by atoms with Crippen LogP contribution < -0.4 is 0 Å². The van der Waals surface area contributed by atoms with Crippen LogP contribution in [0.25, 0.3) is 0 Å². The second kappa shape index (κ2) is 11.2. The predicted molar refractivity (Wildman–Crippen MR) is 101 cm³/mol. The van der Waals surface area contributed by atoms with Gasteiger partial charge in [0.05, 0.1) is 5.92 Å². The highest BCUT2D eigenvalue weighted by Crippen LogP contribution is 2.34. The topological polar surface area (TPSA) is 50.1 Å². The van der Waals surface area contributed by atoms with E-state index in [1.165, 1.54) is 44.2 Å². The van der Waals surface area contributed by atoms with Gasteiger partial charge in [-0.2, -0.15) is 9.65 Å². The summed E-state index contributed by atoms with van der Waals surface area (Å²) in [6.07, 6.45) is 16.6. The number of halogens is 1. The van der Waals surface area contributed by atoms with Gasteiger partial charge in [0.1, 0.15) is 12.2 Å². The van der Waals surface area contributed by atoms with Gasteiger partial charge in [-0.15, -0.1) is 0 Å². The maximum atomic E-state index is 12.7. The van der Waals surface area contributed by atoms with Crippen molar-refractivity contribution in [1.82, 2.24) is 0 Å². The van der Waals surface area contributed by atoms with Gasteiger partial charge in [0.15, 0.2) is 5.83 Å². The third-order valence-electron chi connectivity index (χ3n) is 5.88. The Balaban J connectivity index is 1.66. The van der Waals surface area contributed by atoms with Gasteiger partial charge in [0, 0.05) is 0 Å². The molecule has 0 amide bonds. The summed E-state index contributed by atoms with van der Waals surface area (Å²) in [7, 11) is 0. The summed E-state index contributed by atoms with van der Waals surface area (Å²) in [5.41, 5.74) is 0. The smallest absolute Gasteiger partial charge is 0.309 e. The van der Waals surface area contributed by atoms with Crippen LogP contribution >= 0.6 is 0 Å². The second-order valence-corrected chi connectivity index (χ2v) is 7.84. The summed E-state index contributed by atoms with van der Waals surface area (Å²) < 4.78 is 18.5. The van der Waals surface area contributed by atoms with Gasteiger partial charge in [0.2, 0.25) is 0 Å². The third-order valence-corrected chi connectivity index (χ3v) is 5.88. The summed E-state index contributed by atoms with van der Waals surface area (Å²) in [5, 5.41) is 8.37. The Morgan fingerprint density at radius 2 is 1.85 bits per heavy atom. The number of carbonyl (C=O) groups excluding carboxylic acids is 1. The zero-order valence-corrected chi connectivity index (χ0v) is 16.0. The van der Waals surface area contributed by atoms with Crippen molar-refractivity contribution in [2.24, 2.45) is 17.8 Å². The van der Waals surface area contributed by atoms with E-state index >= 15 is 0 Å². The maximum absolute atomic E-state index is 12.7. The molecule has 0 aromatic heterocycles. The van der Waals surface area contributed by atoms with E-state index in [1.54, 1.807) is 6.08 Å². The Labute approximate surface area is 157 Å². The van der Waals surface area contributed by atoms with Crippen LogP contribution in [0.1, 0.15) is 77.6 Å². The number of carbonyl (C=O) groups is 1. The SMILES string of the molecule is CCCCC1CCC(C(=O)OC2CCC(/C=C/C=C(F)C#N)CC2)CC1. The fourth-order valence-electron chi connectivity index (χ4n) is 4.17. The molecule has 2 fully saturated rings. The molecule has 0 aromatic rings. The average molecular weight is 362 g/mol. The van der Waals surface area contributed by atoms with E-state index in [0.29, 0.717) is 5.92 Å². The molecule has 144 valence electrons. The van der Waals surface area contributed by atoms with Crippen LogP contribution in [0.2, 0.25) is 0 Å². The number of rotatable bonds is 7. The molecule has 0 radical (unpaired) electrons. The van der Waals surface area contributed by atoms with E-state index < -0.39 is 5.83 Å². The molecule has 2 aliphatic carbocycles. The average Bonchev–Trinajstić information content (AvgIpc) is 2.68. The summed E-state index contributed by atoms with van der Waals surface area (Å²) in [6.45, 7) is 2.23. The van der Waals surface area contributed by atoms with Crippen LogP contribution in [0.5, 0.6) is 0 Å². The van der Waals surface area contributed by atoms with E-state index in [1.807, 2.05) is 6.08 Å². The maximum Gasteiger partial charge on any atom is 0.309 e. The second-order valence-electron chi connectivity index (χ2n) is 7.84. The fourth-order valence-corrected chi connectivity index (χ4v) is 4.17. The van der Waals surface area contributed by atoms with Crippen molar-refractivity contribution in [3.8, 4) is 6.07 Å². The summed E-state index contributed by atoms with van der Waals surface area (Å²) in [5.74, 6) is 0.526. The van der Waals surface area contributed by atoms with E-state index in [0.717, 1.165) is 44.4 Å². The van der Waals surface area contributed by atoms with Gasteiger partial charge in [-0.3, -0.25) is 4.79 Å². The lowest BCUT2D eigenvalue weighted by Crippen LogP contribution is -2.29. The first kappa shape index (κ1) is 20.7. The molecule has 0 aromatic carbocycles. The van der Waals surface area contributed by atoms with Crippen LogP contribution in [-0.2, 0) is 9.53 Å². The Hall–Kier alpha value is -1.63. The Kier molecular flexibility index (Phi) is 8.88. The summed E-state index contributed by atoms with van der Waals surface area (Å²) >= 11 is 0. The van der Waals surface area contributed by atoms with Crippen LogP contribution in [0.4, 0.5) is 4.39 Å². The zero-order chi connectivity index (χ0) is 18.8. The van der Waals surface area contributed by atoms with E-state index in [4.69, 9.17) is 10.00 Å². The van der Waals surface area contributed by atoms with Crippen LogP contribution in [0.15, 0.2) is 24.1 Å². The summed E-state index contributed by atoms with van der Waals surface area (Å²) in [6, 6.07) is 1.46. The van der Waals surface area contributed by atoms with Gasteiger partial charge in [0.25, 0.3) is 0 Å². The molecular formula is C22H32FNO2. The van der Waals surface area contributed by atoms with Crippen molar-refractivity contribution in [2.45, 2.75) is 83.7 Å². The number of nitrogens with zero attached hydrogens (tertiary/aromatic N) is 1. The highest BCUT2D eigenvalue weighted by Gasteiger charge is 2.30. The number of hydrogen-bond acceptors (Lipinski definition) is 3. The molecule has 0 unspecified atom stereocenters. The number of esters is 1. The lowest BCUT2D eigenvalue weighted by Gasteiger charge is -2.31. The normalized spacial score (nSPS) is 30.1. The number of hydrogen-bond donors (Lipinski definition) is 0. The van der Waals surface area contributed by atoms with Crippen molar-refractivity contribution >= 4 is 5.97 Å². The van der Waals surface area contributed by atoms with E-state index in [9.17, 15) is 9.18 Å². The molecule has 2 rings (SSSR count). The molecule has 2 saturated carbocycles. The molecule has 0 heterocycles. The largest absolute Gasteiger partial charge is 0.462 e. The zero-order valence-electron chi connectivity index (χ0n) is 16.0. The number of ether oxygens (including phenoxy) is 1. The van der Waals surface area contributed by atoms with Gasteiger partial charge < -0.3 is 4.74 Å². The lowest BCUT2D eigenvalue weighted by molar-refractivity contribution is -0.157. The third kappa shape index (κ3) is 6.94. The summed E-state index contributed by atoms with van der Waals surface area (Å²) in [4.78, 5) is 12.4. The monoisotopic (exact) mass is 361 g/mol. The molecule has 0 saturated heterocycles. The van der Waals surface area contributed by atoms with E-state index in [2.05, 4.69) is 6.92 Å². The van der Waals surface area contributed by atoms with Gasteiger partial charge in [-0.1, -0.05) is 38.3 Å². The predicted octanol–water partition coefficient (Wildman–Crippen LogP) is 6.02. The molecule has 0 spiro atoms. The number of nitriles is 1. The molecule has 4 heteroatoms. The minimum absolute atomic E-state index is 0.0111. The number of allylic oxidation sites excluding steroid dienone is 4. The van der Waals surface area contributed by atoms with Gasteiger partial charge >= 0.3 is 5.97 Å². The van der Waals surface area contributed by atoms with Crippen LogP contribution in [0.3, 0.4) is 0 Å².